The maximum Gasteiger partial charge on any atom is 0.254 e. The van der Waals surface area contributed by atoms with Crippen LogP contribution in [0.5, 0.6) is 0 Å². The van der Waals surface area contributed by atoms with Gasteiger partial charge in [0.15, 0.2) is 0 Å². The zero-order chi connectivity index (χ0) is 9.42. The highest BCUT2D eigenvalue weighted by molar-refractivity contribution is 5.22. The lowest BCUT2D eigenvalue weighted by Gasteiger charge is -2.29. The molecule has 0 bridgehead atoms. The second-order valence-corrected chi connectivity index (χ2v) is 3.50. The topological polar surface area (TPSA) is 49.0 Å². The lowest BCUT2D eigenvalue weighted by atomic mass is 10.0. The van der Waals surface area contributed by atoms with Crippen LogP contribution in [0.25, 0.3) is 0 Å². The molecule has 13 heavy (non-hydrogen) atoms. The minimum atomic E-state index is 0.0185. The van der Waals surface area contributed by atoms with Crippen LogP contribution in [0.4, 0.5) is 0 Å². The normalized spacial score (nSPS) is 22.8. The molecule has 4 nitrogen and oxygen atoms in total. The van der Waals surface area contributed by atoms with Crippen molar-refractivity contribution in [2.24, 2.45) is 0 Å². The molecule has 1 aromatic heterocycles. The fourth-order valence-corrected chi connectivity index (χ4v) is 1.73. The number of likely N-dealkylation sites (N-methyl/N-ethyl adjacent to an activating group) is 1. The molecule has 1 N–H and O–H groups in total. The van der Waals surface area contributed by atoms with E-state index >= 15 is 0 Å². The molecule has 0 aromatic carbocycles. The summed E-state index contributed by atoms with van der Waals surface area (Å²) in [6.07, 6.45) is 2.29. The summed E-state index contributed by atoms with van der Waals surface area (Å²) in [5.74, 6) is 0. The van der Waals surface area contributed by atoms with Gasteiger partial charge in [0.2, 0.25) is 0 Å². The summed E-state index contributed by atoms with van der Waals surface area (Å²) in [4.78, 5) is 20.4. The van der Waals surface area contributed by atoms with E-state index in [0.717, 1.165) is 24.2 Å². The Morgan fingerprint density at radius 3 is 3.23 bits per heavy atom. The van der Waals surface area contributed by atoms with Crippen LogP contribution in [-0.4, -0.2) is 28.5 Å². The first-order valence-electron chi connectivity index (χ1n) is 4.47. The molecule has 0 amide bonds. The van der Waals surface area contributed by atoms with Crippen LogP contribution < -0.4 is 5.56 Å². The maximum absolute atomic E-state index is 11.4. The third-order valence-electron chi connectivity index (χ3n) is 2.75. The molecule has 70 valence electrons. The Morgan fingerprint density at radius 2 is 2.46 bits per heavy atom. The van der Waals surface area contributed by atoms with Crippen molar-refractivity contribution in [3.05, 3.63) is 27.9 Å². The van der Waals surface area contributed by atoms with E-state index in [9.17, 15) is 4.79 Å². The van der Waals surface area contributed by atoms with E-state index in [1.807, 2.05) is 0 Å². The van der Waals surface area contributed by atoms with Gasteiger partial charge >= 0.3 is 0 Å². The second-order valence-electron chi connectivity index (χ2n) is 3.50. The van der Waals surface area contributed by atoms with Gasteiger partial charge in [-0.3, -0.25) is 9.69 Å². The van der Waals surface area contributed by atoms with E-state index in [1.165, 1.54) is 6.33 Å². The van der Waals surface area contributed by atoms with Crippen LogP contribution in [0.2, 0.25) is 0 Å². The SMILES string of the molecule is CC1c2nc[nH]c(=O)c2CCN1C. The summed E-state index contributed by atoms with van der Waals surface area (Å²) in [5, 5.41) is 0. The Bertz CT molecular complexity index is 371. The van der Waals surface area contributed by atoms with Crippen molar-refractivity contribution in [1.82, 2.24) is 14.9 Å². The fourth-order valence-electron chi connectivity index (χ4n) is 1.73. The predicted molar refractivity (Wildman–Crippen MR) is 49.6 cm³/mol. The van der Waals surface area contributed by atoms with Crippen molar-refractivity contribution in [3.8, 4) is 0 Å². The van der Waals surface area contributed by atoms with E-state index < -0.39 is 0 Å². The molecule has 0 saturated carbocycles. The first kappa shape index (κ1) is 8.44. The number of hydrogen-bond acceptors (Lipinski definition) is 3. The second kappa shape index (κ2) is 2.96. The molecular formula is C9H13N3O. The van der Waals surface area contributed by atoms with Gasteiger partial charge in [0, 0.05) is 18.2 Å². The average Bonchev–Trinajstić information content (AvgIpc) is 2.12. The summed E-state index contributed by atoms with van der Waals surface area (Å²) in [6.45, 7) is 3.01. The van der Waals surface area contributed by atoms with Crippen molar-refractivity contribution >= 4 is 0 Å². The Morgan fingerprint density at radius 1 is 1.69 bits per heavy atom. The molecular weight excluding hydrogens is 166 g/mol. The summed E-state index contributed by atoms with van der Waals surface area (Å²) in [6, 6.07) is 0.256. The predicted octanol–water partition coefficient (Wildman–Crippen LogP) is 0.319. The Labute approximate surface area is 76.6 Å². The minimum absolute atomic E-state index is 0.0185. The molecule has 1 aliphatic rings. The monoisotopic (exact) mass is 179 g/mol. The molecule has 2 heterocycles. The molecule has 1 unspecified atom stereocenters. The lowest BCUT2D eigenvalue weighted by Crippen LogP contribution is -2.35. The molecule has 2 rings (SSSR count). The molecule has 1 aliphatic heterocycles. The number of rotatable bonds is 0. The number of nitrogens with one attached hydrogen (secondary N) is 1. The smallest absolute Gasteiger partial charge is 0.254 e. The van der Waals surface area contributed by atoms with Crippen LogP contribution >= 0.6 is 0 Å². The third kappa shape index (κ3) is 1.27. The first-order chi connectivity index (χ1) is 6.20. The first-order valence-corrected chi connectivity index (χ1v) is 4.47. The fraction of sp³-hybridized carbons (Fsp3) is 0.556. The Kier molecular flexibility index (Phi) is 1.92. The largest absolute Gasteiger partial charge is 0.313 e. The van der Waals surface area contributed by atoms with Crippen molar-refractivity contribution < 1.29 is 0 Å². The number of aromatic amines is 1. The van der Waals surface area contributed by atoms with Crippen LogP contribution in [0, 0.1) is 0 Å². The molecule has 1 aromatic rings. The van der Waals surface area contributed by atoms with Gasteiger partial charge < -0.3 is 4.98 Å². The van der Waals surface area contributed by atoms with Gasteiger partial charge in [-0.25, -0.2) is 4.98 Å². The van der Waals surface area contributed by atoms with Crippen LogP contribution in [0.15, 0.2) is 11.1 Å². The van der Waals surface area contributed by atoms with Gasteiger partial charge in [-0.1, -0.05) is 0 Å². The zero-order valence-electron chi connectivity index (χ0n) is 7.87. The van der Waals surface area contributed by atoms with E-state index in [0.29, 0.717) is 0 Å². The van der Waals surface area contributed by atoms with Gasteiger partial charge in [0.05, 0.1) is 12.0 Å². The zero-order valence-corrected chi connectivity index (χ0v) is 7.87. The van der Waals surface area contributed by atoms with Crippen molar-refractivity contribution in [1.29, 1.82) is 0 Å². The highest BCUT2D eigenvalue weighted by atomic mass is 16.1. The third-order valence-corrected chi connectivity index (χ3v) is 2.75. The van der Waals surface area contributed by atoms with Crippen molar-refractivity contribution in [2.45, 2.75) is 19.4 Å². The molecule has 0 aliphatic carbocycles. The van der Waals surface area contributed by atoms with E-state index in [4.69, 9.17) is 0 Å². The molecule has 0 spiro atoms. The Hall–Kier alpha value is -1.16. The Balaban J connectivity index is 2.55. The number of H-pyrrole nitrogens is 1. The number of hydrogen-bond donors (Lipinski definition) is 1. The van der Waals surface area contributed by atoms with Crippen LogP contribution in [0.3, 0.4) is 0 Å². The summed E-state index contributed by atoms with van der Waals surface area (Å²) < 4.78 is 0. The molecule has 0 radical (unpaired) electrons. The van der Waals surface area contributed by atoms with Crippen LogP contribution in [0.1, 0.15) is 24.2 Å². The maximum atomic E-state index is 11.4. The summed E-state index contributed by atoms with van der Waals surface area (Å²) >= 11 is 0. The molecule has 0 fully saturated rings. The highest BCUT2D eigenvalue weighted by Gasteiger charge is 2.23. The minimum Gasteiger partial charge on any atom is -0.313 e. The van der Waals surface area contributed by atoms with Crippen molar-refractivity contribution in [3.63, 3.8) is 0 Å². The van der Waals surface area contributed by atoms with Gasteiger partial charge in [-0.15, -0.1) is 0 Å². The summed E-state index contributed by atoms with van der Waals surface area (Å²) in [7, 11) is 2.05. The highest BCUT2D eigenvalue weighted by Crippen LogP contribution is 2.22. The quantitative estimate of drug-likeness (QED) is 0.624. The lowest BCUT2D eigenvalue weighted by molar-refractivity contribution is 0.240. The van der Waals surface area contributed by atoms with E-state index in [-0.39, 0.29) is 11.6 Å². The van der Waals surface area contributed by atoms with Gasteiger partial charge in [0.25, 0.3) is 5.56 Å². The molecule has 4 heteroatoms. The van der Waals surface area contributed by atoms with E-state index in [1.54, 1.807) is 0 Å². The average molecular weight is 179 g/mol. The van der Waals surface area contributed by atoms with Gasteiger partial charge in [-0.2, -0.15) is 0 Å². The molecule has 1 atom stereocenters. The number of nitrogens with zero attached hydrogens (tertiary/aromatic N) is 2. The number of fused-ring (bicyclic) bond motifs is 1. The summed E-state index contributed by atoms with van der Waals surface area (Å²) in [5.41, 5.74) is 1.80. The molecule has 0 saturated heterocycles. The van der Waals surface area contributed by atoms with Gasteiger partial charge in [-0.05, 0) is 20.4 Å². The van der Waals surface area contributed by atoms with Crippen molar-refractivity contribution in [2.75, 3.05) is 13.6 Å². The van der Waals surface area contributed by atoms with Gasteiger partial charge in [0.1, 0.15) is 0 Å². The van der Waals surface area contributed by atoms with E-state index in [2.05, 4.69) is 28.8 Å². The number of aromatic nitrogens is 2. The van der Waals surface area contributed by atoms with Crippen LogP contribution in [-0.2, 0) is 6.42 Å². The standard InChI is InChI=1S/C9H13N3O/c1-6-8-7(3-4-12(6)2)9(13)11-5-10-8/h5-6H,3-4H2,1-2H3,(H,10,11,13).